The molecule has 2 aromatic heterocycles. The monoisotopic (exact) mass is 393 g/mol. The molecule has 1 saturated heterocycles. The number of hydrogen-bond donors (Lipinski definition) is 0. The Balaban J connectivity index is 1.53. The summed E-state index contributed by atoms with van der Waals surface area (Å²) < 4.78 is 6.79. The quantitative estimate of drug-likeness (QED) is 0.673. The van der Waals surface area contributed by atoms with Crippen LogP contribution < -0.4 is 15.2 Å². The fourth-order valence-corrected chi connectivity index (χ4v) is 3.65. The number of hydrogen-bond acceptors (Lipinski definition) is 6. The Morgan fingerprint density at radius 1 is 1.14 bits per heavy atom. The minimum absolute atomic E-state index is 0.00440. The fraction of sp³-hybridized carbons (Fsp3) is 0.333. The number of amides is 1. The smallest absolute Gasteiger partial charge is 0.293 e. The Bertz CT molecular complexity index is 1130. The highest BCUT2D eigenvalue weighted by molar-refractivity contribution is 5.96. The van der Waals surface area contributed by atoms with Gasteiger partial charge in [-0.2, -0.15) is 0 Å². The predicted molar refractivity (Wildman–Crippen MR) is 111 cm³/mol. The number of anilines is 1. The van der Waals surface area contributed by atoms with Gasteiger partial charge in [-0.15, -0.1) is 0 Å². The molecule has 8 heteroatoms. The highest BCUT2D eigenvalue weighted by atomic mass is 16.5. The number of rotatable bonds is 3. The number of fused-ring (bicyclic) bond motifs is 1. The Labute approximate surface area is 168 Å². The molecule has 0 N–H and O–H groups in total. The molecular formula is C21H23N5O3. The van der Waals surface area contributed by atoms with Crippen LogP contribution in [-0.2, 0) is 7.05 Å². The van der Waals surface area contributed by atoms with Gasteiger partial charge >= 0.3 is 0 Å². The van der Waals surface area contributed by atoms with Crippen LogP contribution in [0.2, 0.25) is 0 Å². The van der Waals surface area contributed by atoms with Gasteiger partial charge in [0.2, 0.25) is 0 Å². The molecule has 1 aliphatic heterocycles. The maximum Gasteiger partial charge on any atom is 0.293 e. The normalized spacial score (nSPS) is 14.3. The van der Waals surface area contributed by atoms with Crippen LogP contribution in [-0.4, -0.2) is 58.6 Å². The first-order chi connectivity index (χ1) is 14.0. The van der Waals surface area contributed by atoms with E-state index in [0.29, 0.717) is 43.1 Å². The summed E-state index contributed by atoms with van der Waals surface area (Å²) >= 11 is 0. The zero-order valence-electron chi connectivity index (χ0n) is 16.8. The SMILES string of the molecule is COc1ccc(C(=O)N2CCN(c3nc4ccncc4n(C)c3=O)CC2)c(C)c1. The van der Waals surface area contributed by atoms with E-state index in [1.807, 2.05) is 22.8 Å². The maximum atomic E-state index is 12.9. The predicted octanol–water partition coefficient (Wildman–Crippen LogP) is 1.61. The lowest BCUT2D eigenvalue weighted by atomic mass is 10.1. The number of aromatic nitrogens is 3. The molecule has 0 bridgehead atoms. The molecule has 4 rings (SSSR count). The largest absolute Gasteiger partial charge is 0.497 e. The first-order valence-electron chi connectivity index (χ1n) is 9.49. The van der Waals surface area contributed by atoms with E-state index in [-0.39, 0.29) is 11.5 Å². The van der Waals surface area contributed by atoms with Gasteiger partial charge in [0.15, 0.2) is 5.82 Å². The van der Waals surface area contributed by atoms with Crippen molar-refractivity contribution in [2.24, 2.45) is 7.05 Å². The second kappa shape index (κ2) is 7.54. The van der Waals surface area contributed by atoms with E-state index < -0.39 is 0 Å². The van der Waals surface area contributed by atoms with Gasteiger partial charge in [-0.3, -0.25) is 14.6 Å². The molecule has 0 aliphatic carbocycles. The molecule has 0 radical (unpaired) electrons. The molecule has 0 saturated carbocycles. The number of pyridine rings is 1. The molecule has 1 amide bonds. The summed E-state index contributed by atoms with van der Waals surface area (Å²) in [4.78, 5) is 38.1. The third-order valence-corrected chi connectivity index (χ3v) is 5.39. The van der Waals surface area contributed by atoms with E-state index in [9.17, 15) is 9.59 Å². The molecular weight excluding hydrogens is 370 g/mol. The third-order valence-electron chi connectivity index (χ3n) is 5.39. The average Bonchev–Trinajstić information content (AvgIpc) is 2.76. The number of benzene rings is 1. The van der Waals surface area contributed by atoms with Crippen LogP contribution in [0.1, 0.15) is 15.9 Å². The standard InChI is InChI=1S/C21H23N5O3/c1-14-12-15(29-3)4-5-16(14)20(27)26-10-8-25(9-11-26)19-21(28)24(2)18-13-22-7-6-17(18)23-19/h4-7,12-13H,8-11H2,1-3H3. The van der Waals surface area contributed by atoms with Crippen molar-refractivity contribution >= 4 is 22.8 Å². The summed E-state index contributed by atoms with van der Waals surface area (Å²) in [5, 5.41) is 0. The average molecular weight is 393 g/mol. The zero-order chi connectivity index (χ0) is 20.5. The van der Waals surface area contributed by atoms with Crippen LogP contribution >= 0.6 is 0 Å². The van der Waals surface area contributed by atoms with Crippen molar-refractivity contribution in [2.45, 2.75) is 6.92 Å². The number of carbonyl (C=O) groups is 1. The molecule has 1 fully saturated rings. The fourth-order valence-electron chi connectivity index (χ4n) is 3.65. The zero-order valence-corrected chi connectivity index (χ0v) is 16.8. The summed E-state index contributed by atoms with van der Waals surface area (Å²) in [6, 6.07) is 7.26. The lowest BCUT2D eigenvalue weighted by Crippen LogP contribution is -2.50. The minimum Gasteiger partial charge on any atom is -0.497 e. The molecule has 1 aromatic carbocycles. The maximum absolute atomic E-state index is 12.9. The van der Waals surface area contributed by atoms with Crippen molar-refractivity contribution < 1.29 is 9.53 Å². The van der Waals surface area contributed by atoms with Crippen molar-refractivity contribution in [3.63, 3.8) is 0 Å². The Morgan fingerprint density at radius 2 is 1.90 bits per heavy atom. The van der Waals surface area contributed by atoms with Crippen LogP contribution in [0.5, 0.6) is 5.75 Å². The molecule has 3 aromatic rings. The number of methoxy groups -OCH3 is 1. The van der Waals surface area contributed by atoms with Crippen LogP contribution in [0.15, 0.2) is 41.5 Å². The van der Waals surface area contributed by atoms with Crippen molar-refractivity contribution in [1.29, 1.82) is 0 Å². The van der Waals surface area contributed by atoms with Crippen LogP contribution in [0.25, 0.3) is 11.0 Å². The molecule has 1 aliphatic rings. The number of carbonyl (C=O) groups excluding carboxylic acids is 1. The van der Waals surface area contributed by atoms with E-state index in [2.05, 4.69) is 9.97 Å². The summed E-state index contributed by atoms with van der Waals surface area (Å²) in [6.07, 6.45) is 3.30. The number of piperazine rings is 1. The molecule has 0 atom stereocenters. The lowest BCUT2D eigenvalue weighted by Gasteiger charge is -2.35. The Kier molecular flexibility index (Phi) is 4.92. The topological polar surface area (TPSA) is 80.6 Å². The van der Waals surface area contributed by atoms with Crippen LogP contribution in [0.4, 0.5) is 5.82 Å². The molecule has 0 spiro atoms. The van der Waals surface area contributed by atoms with Gasteiger partial charge in [0.05, 0.1) is 24.3 Å². The van der Waals surface area contributed by atoms with Gasteiger partial charge in [0, 0.05) is 45.0 Å². The molecule has 8 nitrogen and oxygen atoms in total. The van der Waals surface area contributed by atoms with Crippen LogP contribution in [0.3, 0.4) is 0 Å². The summed E-state index contributed by atoms with van der Waals surface area (Å²) in [6.45, 7) is 4.08. The molecule has 150 valence electrons. The van der Waals surface area contributed by atoms with Crippen LogP contribution in [0, 0.1) is 6.92 Å². The number of aryl methyl sites for hydroxylation is 2. The highest BCUT2D eigenvalue weighted by Crippen LogP contribution is 2.20. The van der Waals surface area contributed by atoms with Gasteiger partial charge < -0.3 is 19.1 Å². The van der Waals surface area contributed by atoms with Gasteiger partial charge in [-0.1, -0.05) is 0 Å². The summed E-state index contributed by atoms with van der Waals surface area (Å²) in [5.41, 5.74) is 2.83. The second-order valence-corrected chi connectivity index (χ2v) is 7.12. The Morgan fingerprint density at radius 3 is 2.59 bits per heavy atom. The molecule has 3 heterocycles. The van der Waals surface area contributed by atoms with Gasteiger partial charge in [0.25, 0.3) is 11.5 Å². The second-order valence-electron chi connectivity index (χ2n) is 7.12. The lowest BCUT2D eigenvalue weighted by molar-refractivity contribution is 0.0745. The molecule has 29 heavy (non-hydrogen) atoms. The summed E-state index contributed by atoms with van der Waals surface area (Å²) in [7, 11) is 3.33. The molecule has 0 unspecified atom stereocenters. The summed E-state index contributed by atoms with van der Waals surface area (Å²) in [5.74, 6) is 1.14. The van der Waals surface area contributed by atoms with E-state index in [0.717, 1.165) is 16.8 Å². The Hall–Kier alpha value is -3.42. The first kappa shape index (κ1) is 18.9. The minimum atomic E-state index is -0.156. The first-order valence-corrected chi connectivity index (χ1v) is 9.49. The number of nitrogens with zero attached hydrogens (tertiary/aromatic N) is 5. The van der Waals surface area contributed by atoms with Crippen molar-refractivity contribution in [3.8, 4) is 5.75 Å². The van der Waals surface area contributed by atoms with Gasteiger partial charge in [0.1, 0.15) is 5.75 Å². The highest BCUT2D eigenvalue weighted by Gasteiger charge is 2.26. The van der Waals surface area contributed by atoms with E-state index in [4.69, 9.17) is 4.74 Å². The van der Waals surface area contributed by atoms with Crippen molar-refractivity contribution in [2.75, 3.05) is 38.2 Å². The third kappa shape index (κ3) is 3.41. The van der Waals surface area contributed by atoms with Crippen molar-refractivity contribution in [3.05, 3.63) is 58.1 Å². The van der Waals surface area contributed by atoms with E-state index in [1.165, 1.54) is 0 Å². The van der Waals surface area contributed by atoms with Crippen molar-refractivity contribution in [1.82, 2.24) is 19.4 Å². The van der Waals surface area contributed by atoms with E-state index in [1.54, 1.807) is 49.3 Å². The van der Waals surface area contributed by atoms with Gasteiger partial charge in [-0.25, -0.2) is 4.98 Å². The van der Waals surface area contributed by atoms with Gasteiger partial charge in [-0.05, 0) is 36.8 Å². The van der Waals surface area contributed by atoms with E-state index >= 15 is 0 Å². The number of ether oxygens (including phenoxy) is 1.